The molecule has 10 heteroatoms. The number of benzene rings is 2. The number of amides is 1. The zero-order valence-electron chi connectivity index (χ0n) is 24.5. The normalized spacial score (nSPS) is 14.1. The molecule has 43 heavy (non-hydrogen) atoms. The highest BCUT2D eigenvalue weighted by Crippen LogP contribution is 2.36. The fourth-order valence-corrected chi connectivity index (χ4v) is 5.49. The van der Waals surface area contributed by atoms with Crippen molar-refractivity contribution in [2.45, 2.75) is 39.3 Å². The monoisotopic (exact) mass is 580 g/mol. The van der Waals surface area contributed by atoms with Gasteiger partial charge in [-0.1, -0.05) is 6.07 Å². The lowest BCUT2D eigenvalue weighted by atomic mass is 10.0. The molecule has 0 radical (unpaired) electrons. The fourth-order valence-electron chi connectivity index (χ4n) is 5.49. The number of fused-ring (bicyclic) bond motifs is 1. The Morgan fingerprint density at radius 1 is 1.00 bits per heavy atom. The van der Waals surface area contributed by atoms with Crippen LogP contribution < -0.4 is 20.1 Å². The number of hydrogen-bond donors (Lipinski definition) is 2. The number of para-hydroxylation sites is 1. The van der Waals surface area contributed by atoms with E-state index in [1.165, 1.54) is 0 Å². The molecule has 10 nitrogen and oxygen atoms in total. The number of ether oxygens (including phenoxy) is 2. The molecule has 2 N–H and O–H groups in total. The van der Waals surface area contributed by atoms with Crippen LogP contribution in [0.1, 0.15) is 42.6 Å². The van der Waals surface area contributed by atoms with Gasteiger partial charge in [0.15, 0.2) is 5.58 Å². The first-order valence-corrected chi connectivity index (χ1v) is 14.8. The minimum atomic E-state index is -0.256. The quantitative estimate of drug-likeness (QED) is 0.192. The molecule has 4 heterocycles. The molecule has 0 aliphatic carbocycles. The van der Waals surface area contributed by atoms with Crippen molar-refractivity contribution in [3.05, 3.63) is 90.5 Å². The minimum absolute atomic E-state index is 0.214. The van der Waals surface area contributed by atoms with Crippen LogP contribution in [0.2, 0.25) is 0 Å². The van der Waals surface area contributed by atoms with Crippen molar-refractivity contribution in [2.75, 3.05) is 36.9 Å². The summed E-state index contributed by atoms with van der Waals surface area (Å²) in [5.41, 5.74) is 4.26. The van der Waals surface area contributed by atoms with Crippen LogP contribution in [0.25, 0.3) is 16.8 Å². The van der Waals surface area contributed by atoms with Crippen LogP contribution in [-0.2, 0) is 6.54 Å². The van der Waals surface area contributed by atoms with Crippen LogP contribution in [0.15, 0.2) is 83.8 Å². The molecule has 1 amide bonds. The van der Waals surface area contributed by atoms with Gasteiger partial charge < -0.3 is 29.1 Å². The predicted octanol–water partition coefficient (Wildman–Crippen LogP) is 6.14. The number of nitrogens with one attached hydrogen (secondary N) is 2. The standard InChI is InChI=1S/C33H36N6O4/c1-3-41-28-19-23(20-29(42-4-2)31(28)39-15-5-6-16-39)22-38-17-12-24(13-18-38)36-33-37-30-26(10-7-11-27(30)43-33)32(40)35-25-9-8-14-34-21-25/h5-11,14-16,19-21,24H,3-4,12-13,17-18,22H2,1-2H3,(H,35,40)(H,36,37). The molecule has 0 bridgehead atoms. The minimum Gasteiger partial charge on any atom is -0.492 e. The molecular weight excluding hydrogens is 544 g/mol. The smallest absolute Gasteiger partial charge is 0.295 e. The maximum absolute atomic E-state index is 12.9. The van der Waals surface area contributed by atoms with Crippen molar-refractivity contribution >= 4 is 28.7 Å². The van der Waals surface area contributed by atoms with E-state index in [9.17, 15) is 4.79 Å². The molecule has 1 aliphatic heterocycles. The molecular formula is C33H36N6O4. The predicted molar refractivity (Wildman–Crippen MR) is 166 cm³/mol. The Hall–Kier alpha value is -4.83. The molecule has 6 rings (SSSR count). The number of carbonyl (C=O) groups excluding carboxylic acids is 1. The summed E-state index contributed by atoms with van der Waals surface area (Å²) < 4.78 is 20.2. The maximum atomic E-state index is 12.9. The van der Waals surface area contributed by atoms with E-state index in [0.717, 1.165) is 55.2 Å². The number of oxazole rings is 1. The Bertz CT molecular complexity index is 1630. The largest absolute Gasteiger partial charge is 0.492 e. The van der Waals surface area contributed by atoms with Crippen molar-refractivity contribution in [2.24, 2.45) is 0 Å². The van der Waals surface area contributed by atoms with Crippen LogP contribution in [0.3, 0.4) is 0 Å². The van der Waals surface area contributed by atoms with Crippen molar-refractivity contribution in [3.63, 3.8) is 0 Å². The van der Waals surface area contributed by atoms with Gasteiger partial charge in [-0.15, -0.1) is 0 Å². The Morgan fingerprint density at radius 3 is 2.42 bits per heavy atom. The summed E-state index contributed by atoms with van der Waals surface area (Å²) in [5.74, 6) is 1.38. The van der Waals surface area contributed by atoms with Crippen LogP contribution >= 0.6 is 0 Å². The van der Waals surface area contributed by atoms with Gasteiger partial charge in [0.05, 0.1) is 30.7 Å². The van der Waals surface area contributed by atoms with Crippen molar-refractivity contribution < 1.29 is 18.7 Å². The number of hydrogen-bond acceptors (Lipinski definition) is 8. The first-order valence-electron chi connectivity index (χ1n) is 14.8. The fraction of sp³-hybridized carbons (Fsp3) is 0.303. The molecule has 2 aromatic carbocycles. The summed E-state index contributed by atoms with van der Waals surface area (Å²) in [6.07, 6.45) is 9.15. The Balaban J connectivity index is 1.10. The summed E-state index contributed by atoms with van der Waals surface area (Å²) in [6, 6.07) is 17.8. The van der Waals surface area contributed by atoms with Gasteiger partial charge in [-0.3, -0.25) is 14.7 Å². The second kappa shape index (κ2) is 13.0. The number of piperidine rings is 1. The molecule has 1 aliphatic rings. The number of carbonyl (C=O) groups is 1. The Labute approximate surface area is 250 Å². The van der Waals surface area contributed by atoms with E-state index in [2.05, 4.69) is 37.6 Å². The van der Waals surface area contributed by atoms with Crippen molar-refractivity contribution in [1.29, 1.82) is 0 Å². The van der Waals surface area contributed by atoms with Gasteiger partial charge >= 0.3 is 0 Å². The molecule has 3 aromatic heterocycles. The molecule has 0 atom stereocenters. The summed E-state index contributed by atoms with van der Waals surface area (Å²) in [5, 5.41) is 6.33. The van der Waals surface area contributed by atoms with Crippen molar-refractivity contribution in [1.82, 2.24) is 19.4 Å². The zero-order chi connectivity index (χ0) is 29.6. The lowest BCUT2D eigenvalue weighted by Crippen LogP contribution is -2.38. The first-order chi connectivity index (χ1) is 21.1. The van der Waals surface area contributed by atoms with Gasteiger partial charge in [-0.25, -0.2) is 0 Å². The van der Waals surface area contributed by atoms with Crippen LogP contribution in [0.5, 0.6) is 11.5 Å². The average molecular weight is 581 g/mol. The number of aromatic nitrogens is 3. The SMILES string of the molecule is CCOc1cc(CN2CCC(Nc3nc4c(C(=O)Nc5cccnc5)cccc4o3)CC2)cc(OCC)c1-n1cccc1. The third-order valence-corrected chi connectivity index (χ3v) is 7.47. The summed E-state index contributed by atoms with van der Waals surface area (Å²) in [4.78, 5) is 24.1. The number of likely N-dealkylation sites (tertiary alicyclic amines) is 1. The first kappa shape index (κ1) is 28.3. The van der Waals surface area contributed by atoms with E-state index in [-0.39, 0.29) is 11.9 Å². The van der Waals surface area contributed by atoms with Gasteiger partial charge in [-0.2, -0.15) is 4.98 Å². The molecule has 222 valence electrons. The van der Waals surface area contributed by atoms with Gasteiger partial charge in [0, 0.05) is 44.3 Å². The molecule has 5 aromatic rings. The van der Waals surface area contributed by atoms with E-state index in [4.69, 9.17) is 13.9 Å². The van der Waals surface area contributed by atoms with Crippen molar-refractivity contribution in [3.8, 4) is 17.2 Å². The Morgan fingerprint density at radius 2 is 1.74 bits per heavy atom. The van der Waals surface area contributed by atoms with Gasteiger partial charge in [-0.05, 0) is 80.8 Å². The zero-order valence-corrected chi connectivity index (χ0v) is 24.5. The number of nitrogens with zero attached hydrogens (tertiary/aromatic N) is 4. The molecule has 0 spiro atoms. The van der Waals surface area contributed by atoms with E-state index in [1.807, 2.05) is 49.0 Å². The third kappa shape index (κ3) is 6.49. The number of pyridine rings is 1. The number of rotatable bonds is 11. The van der Waals surface area contributed by atoms with Gasteiger partial charge in [0.1, 0.15) is 22.7 Å². The topological polar surface area (TPSA) is 107 Å². The maximum Gasteiger partial charge on any atom is 0.295 e. The number of anilines is 2. The van der Waals surface area contributed by atoms with E-state index >= 15 is 0 Å². The summed E-state index contributed by atoms with van der Waals surface area (Å²) in [7, 11) is 0. The Kier molecular flexibility index (Phi) is 8.55. The van der Waals surface area contributed by atoms with Gasteiger partial charge in [0.2, 0.25) is 0 Å². The molecule has 0 saturated carbocycles. The molecule has 1 saturated heterocycles. The van der Waals surface area contributed by atoms with E-state index in [0.29, 0.717) is 41.6 Å². The van der Waals surface area contributed by atoms with E-state index in [1.54, 1.807) is 36.7 Å². The van der Waals surface area contributed by atoms with Gasteiger partial charge in [0.25, 0.3) is 11.9 Å². The van der Waals surface area contributed by atoms with Crippen LogP contribution in [-0.4, -0.2) is 57.7 Å². The van der Waals surface area contributed by atoms with Crippen LogP contribution in [0.4, 0.5) is 11.7 Å². The summed E-state index contributed by atoms with van der Waals surface area (Å²) in [6.45, 7) is 7.79. The second-order valence-electron chi connectivity index (χ2n) is 10.5. The highest BCUT2D eigenvalue weighted by molar-refractivity contribution is 6.11. The second-order valence-corrected chi connectivity index (χ2v) is 10.5. The van der Waals surface area contributed by atoms with Crippen LogP contribution in [0, 0.1) is 0 Å². The van der Waals surface area contributed by atoms with E-state index < -0.39 is 0 Å². The average Bonchev–Trinajstić information content (AvgIpc) is 3.69. The third-order valence-electron chi connectivity index (χ3n) is 7.47. The highest BCUT2D eigenvalue weighted by Gasteiger charge is 2.23. The lowest BCUT2D eigenvalue weighted by molar-refractivity contribution is 0.102. The molecule has 1 fully saturated rings. The summed E-state index contributed by atoms with van der Waals surface area (Å²) >= 11 is 0. The molecule has 0 unspecified atom stereocenters. The highest BCUT2D eigenvalue weighted by atomic mass is 16.5. The lowest BCUT2D eigenvalue weighted by Gasteiger charge is -2.32.